The van der Waals surface area contributed by atoms with Crippen LogP contribution in [0.25, 0.3) is 10.8 Å². The van der Waals surface area contributed by atoms with Gasteiger partial charge in [-0.15, -0.1) is 0 Å². The first kappa shape index (κ1) is 16.7. The molecule has 0 unspecified atom stereocenters. The molecule has 0 aliphatic rings. The molecule has 0 saturated heterocycles. The molecule has 128 valence electrons. The number of fused-ring (bicyclic) bond motifs is 1. The van der Waals surface area contributed by atoms with Crippen molar-refractivity contribution in [2.45, 2.75) is 4.90 Å². The van der Waals surface area contributed by atoms with E-state index in [1.807, 2.05) is 0 Å². The number of benzene rings is 3. The van der Waals surface area contributed by atoms with Gasteiger partial charge in [0.05, 0.1) is 5.69 Å². The van der Waals surface area contributed by atoms with Gasteiger partial charge >= 0.3 is 0 Å². The van der Waals surface area contributed by atoms with Crippen LogP contribution >= 0.6 is 0 Å². The molecule has 0 saturated carbocycles. The van der Waals surface area contributed by atoms with E-state index < -0.39 is 20.9 Å². The van der Waals surface area contributed by atoms with Crippen LogP contribution in [0.2, 0.25) is 0 Å². The van der Waals surface area contributed by atoms with Gasteiger partial charge in [-0.2, -0.15) is 8.42 Å². The van der Waals surface area contributed by atoms with Crippen molar-refractivity contribution >= 4 is 38.2 Å². The van der Waals surface area contributed by atoms with Crippen molar-refractivity contribution in [1.82, 2.24) is 0 Å². The van der Waals surface area contributed by atoms with Gasteiger partial charge in [0.1, 0.15) is 10.6 Å². The Morgan fingerprint density at radius 3 is 2.44 bits per heavy atom. The molecular formula is C17H14N2O5S. The molecule has 3 aromatic carbocycles. The molecule has 25 heavy (non-hydrogen) atoms. The molecule has 0 aliphatic heterocycles. The number of hydrogen-bond donors (Lipinski definition) is 4. The Hall–Kier alpha value is -3.10. The van der Waals surface area contributed by atoms with Gasteiger partial charge in [-0.3, -0.25) is 9.35 Å². The van der Waals surface area contributed by atoms with Crippen molar-refractivity contribution in [3.8, 4) is 5.75 Å². The third kappa shape index (κ3) is 3.39. The van der Waals surface area contributed by atoms with E-state index in [0.29, 0.717) is 16.6 Å². The van der Waals surface area contributed by atoms with Crippen LogP contribution in [0.3, 0.4) is 0 Å². The number of carbonyl (C=O) groups is 1. The van der Waals surface area contributed by atoms with Crippen molar-refractivity contribution in [2.24, 2.45) is 0 Å². The predicted molar refractivity (Wildman–Crippen MR) is 94.2 cm³/mol. The molecule has 0 radical (unpaired) electrons. The number of nitrogens with one attached hydrogen (secondary N) is 1. The lowest BCUT2D eigenvalue weighted by Gasteiger charge is -2.12. The van der Waals surface area contributed by atoms with Gasteiger partial charge in [-0.1, -0.05) is 18.2 Å². The highest BCUT2D eigenvalue weighted by molar-refractivity contribution is 7.86. The summed E-state index contributed by atoms with van der Waals surface area (Å²) >= 11 is 0. The number of phenols is 1. The van der Waals surface area contributed by atoms with Crippen LogP contribution in [0.4, 0.5) is 11.4 Å². The fourth-order valence-corrected chi connectivity index (χ4v) is 3.31. The van der Waals surface area contributed by atoms with Gasteiger partial charge < -0.3 is 16.2 Å². The number of rotatable bonds is 3. The Morgan fingerprint density at radius 2 is 1.76 bits per heavy atom. The van der Waals surface area contributed by atoms with Gasteiger partial charge in [0, 0.05) is 22.7 Å². The summed E-state index contributed by atoms with van der Waals surface area (Å²) in [6.45, 7) is 0. The smallest absolute Gasteiger partial charge is 0.295 e. The van der Waals surface area contributed by atoms with Crippen molar-refractivity contribution in [3.05, 3.63) is 60.2 Å². The van der Waals surface area contributed by atoms with E-state index in [2.05, 4.69) is 5.32 Å². The Bertz CT molecular complexity index is 1090. The maximum atomic E-state index is 12.4. The zero-order valence-electron chi connectivity index (χ0n) is 12.8. The molecule has 7 nitrogen and oxygen atoms in total. The van der Waals surface area contributed by atoms with Gasteiger partial charge in [0.2, 0.25) is 0 Å². The van der Waals surface area contributed by atoms with Crippen LogP contribution in [0.1, 0.15) is 10.4 Å². The Labute approximate surface area is 143 Å². The molecule has 5 N–H and O–H groups in total. The molecule has 0 atom stereocenters. The zero-order valence-corrected chi connectivity index (χ0v) is 13.6. The summed E-state index contributed by atoms with van der Waals surface area (Å²) in [5, 5.41) is 12.7. The molecule has 3 aromatic rings. The molecule has 0 aliphatic carbocycles. The lowest BCUT2D eigenvalue weighted by molar-refractivity contribution is 0.102. The van der Waals surface area contributed by atoms with Crippen LogP contribution in [-0.2, 0) is 10.1 Å². The Kier molecular flexibility index (Phi) is 4.07. The third-order valence-electron chi connectivity index (χ3n) is 3.60. The standard InChI is InChI=1S/C17H14N2O5S/c18-12-5-1-4-11(7-12)17(21)19-14-6-2-3-10-8-13(20)9-15(16(10)14)25(22,23)24/h1-9,20H,18H2,(H,19,21)(H,22,23,24). The zero-order chi connectivity index (χ0) is 18.2. The van der Waals surface area contributed by atoms with E-state index in [1.165, 1.54) is 18.2 Å². The number of amides is 1. The molecule has 3 rings (SSSR count). The number of anilines is 2. The molecule has 0 heterocycles. The summed E-state index contributed by atoms with van der Waals surface area (Å²) in [4.78, 5) is 11.9. The quantitative estimate of drug-likeness (QED) is 0.421. The van der Waals surface area contributed by atoms with Gasteiger partial charge in [-0.25, -0.2) is 0 Å². The summed E-state index contributed by atoms with van der Waals surface area (Å²) in [5.41, 5.74) is 6.54. The van der Waals surface area contributed by atoms with E-state index in [1.54, 1.807) is 30.3 Å². The highest BCUT2D eigenvalue weighted by Gasteiger charge is 2.19. The topological polar surface area (TPSA) is 130 Å². The van der Waals surface area contributed by atoms with Gasteiger partial charge in [0.25, 0.3) is 16.0 Å². The molecule has 0 bridgehead atoms. The second kappa shape index (κ2) is 6.08. The molecule has 0 spiro atoms. The fraction of sp³-hybridized carbons (Fsp3) is 0. The van der Waals surface area contributed by atoms with Crippen molar-refractivity contribution < 1.29 is 22.9 Å². The number of nitrogens with two attached hydrogens (primary N) is 1. The molecule has 0 fully saturated rings. The molecular weight excluding hydrogens is 344 g/mol. The normalized spacial score (nSPS) is 11.4. The SMILES string of the molecule is Nc1cccc(C(=O)Nc2cccc3cc(O)cc(S(=O)(=O)O)c23)c1. The summed E-state index contributed by atoms with van der Waals surface area (Å²) < 4.78 is 32.8. The predicted octanol–water partition coefficient (Wildman–Crippen LogP) is 2.63. The average molecular weight is 358 g/mol. The van der Waals surface area contributed by atoms with Crippen LogP contribution in [0, 0.1) is 0 Å². The largest absolute Gasteiger partial charge is 0.508 e. The van der Waals surface area contributed by atoms with E-state index in [4.69, 9.17) is 5.73 Å². The summed E-state index contributed by atoms with van der Waals surface area (Å²) in [7, 11) is -4.61. The lowest BCUT2D eigenvalue weighted by atomic mass is 10.1. The lowest BCUT2D eigenvalue weighted by Crippen LogP contribution is -2.13. The molecule has 1 amide bonds. The van der Waals surface area contributed by atoms with Crippen LogP contribution in [0.5, 0.6) is 5.75 Å². The van der Waals surface area contributed by atoms with Crippen LogP contribution in [-0.4, -0.2) is 24.0 Å². The minimum atomic E-state index is -4.61. The first-order valence-corrected chi connectivity index (χ1v) is 8.60. The third-order valence-corrected chi connectivity index (χ3v) is 4.48. The first-order valence-electron chi connectivity index (χ1n) is 7.16. The summed E-state index contributed by atoms with van der Waals surface area (Å²) in [6.07, 6.45) is 0. The van der Waals surface area contributed by atoms with Gasteiger partial charge in [-0.05, 0) is 35.7 Å². The summed E-state index contributed by atoms with van der Waals surface area (Å²) in [5.74, 6) is -0.811. The van der Waals surface area contributed by atoms with Crippen molar-refractivity contribution in [1.29, 1.82) is 0 Å². The van der Waals surface area contributed by atoms with E-state index >= 15 is 0 Å². The molecule has 0 aromatic heterocycles. The Morgan fingerprint density at radius 1 is 1.04 bits per heavy atom. The fourth-order valence-electron chi connectivity index (χ4n) is 2.55. The van der Waals surface area contributed by atoms with E-state index in [9.17, 15) is 22.9 Å². The van der Waals surface area contributed by atoms with Crippen molar-refractivity contribution in [2.75, 3.05) is 11.1 Å². The average Bonchev–Trinajstić information content (AvgIpc) is 2.53. The van der Waals surface area contributed by atoms with E-state index in [0.717, 1.165) is 6.07 Å². The second-order valence-electron chi connectivity index (χ2n) is 5.40. The highest BCUT2D eigenvalue weighted by atomic mass is 32.2. The maximum Gasteiger partial charge on any atom is 0.295 e. The number of carbonyl (C=O) groups excluding carboxylic acids is 1. The number of aromatic hydroxyl groups is 1. The monoisotopic (exact) mass is 358 g/mol. The van der Waals surface area contributed by atoms with Crippen molar-refractivity contribution in [3.63, 3.8) is 0 Å². The first-order chi connectivity index (χ1) is 11.8. The summed E-state index contributed by atoms with van der Waals surface area (Å²) in [6, 6.07) is 13.2. The van der Waals surface area contributed by atoms with Crippen LogP contribution in [0.15, 0.2) is 59.5 Å². The minimum absolute atomic E-state index is 0.0973. The van der Waals surface area contributed by atoms with E-state index in [-0.39, 0.29) is 16.8 Å². The number of phenolic OH excluding ortho intramolecular Hbond substituents is 1. The Balaban J connectivity index is 2.15. The second-order valence-corrected chi connectivity index (χ2v) is 6.79. The van der Waals surface area contributed by atoms with Crippen LogP contribution < -0.4 is 11.1 Å². The minimum Gasteiger partial charge on any atom is -0.508 e. The highest BCUT2D eigenvalue weighted by Crippen LogP contribution is 2.33. The van der Waals surface area contributed by atoms with Gasteiger partial charge in [0.15, 0.2) is 0 Å². The maximum absolute atomic E-state index is 12.4. The number of nitrogen functional groups attached to an aromatic ring is 1. The molecule has 8 heteroatoms. The number of hydrogen-bond acceptors (Lipinski definition) is 5.